The van der Waals surface area contributed by atoms with Crippen molar-refractivity contribution in [3.63, 3.8) is 0 Å². The third kappa shape index (κ3) is 3.08. The summed E-state index contributed by atoms with van der Waals surface area (Å²) >= 11 is 0. The van der Waals surface area contributed by atoms with Crippen molar-refractivity contribution in [1.29, 1.82) is 0 Å². The van der Waals surface area contributed by atoms with Crippen molar-refractivity contribution in [3.8, 4) is 0 Å². The molecule has 0 aromatic rings. The summed E-state index contributed by atoms with van der Waals surface area (Å²) in [6, 6.07) is -1.36. The van der Waals surface area contributed by atoms with Gasteiger partial charge in [0.2, 0.25) is 0 Å². The molecule has 0 aliphatic carbocycles. The van der Waals surface area contributed by atoms with Crippen molar-refractivity contribution in [2.45, 2.75) is 44.9 Å². The molecule has 1 heterocycles. The standard InChI is InChI=1S/C10H19F3N2/c1-7(2)8(10(11,12)13)15-5-4-9(3,14)6-15/h7-8H,4-6,14H2,1-3H3. The van der Waals surface area contributed by atoms with Crippen LogP contribution in [0.3, 0.4) is 0 Å². The quantitative estimate of drug-likeness (QED) is 0.777. The van der Waals surface area contributed by atoms with Gasteiger partial charge in [-0.05, 0) is 19.3 Å². The van der Waals surface area contributed by atoms with Gasteiger partial charge in [-0.2, -0.15) is 13.2 Å². The summed E-state index contributed by atoms with van der Waals surface area (Å²) in [5.74, 6) is -0.432. The molecule has 0 aromatic carbocycles. The summed E-state index contributed by atoms with van der Waals surface area (Å²) in [4.78, 5) is 1.46. The second-order valence-electron chi connectivity index (χ2n) is 5.10. The van der Waals surface area contributed by atoms with Gasteiger partial charge < -0.3 is 5.73 Å². The van der Waals surface area contributed by atoms with Crippen LogP contribution in [0.15, 0.2) is 0 Å². The van der Waals surface area contributed by atoms with Crippen LogP contribution in [-0.4, -0.2) is 35.7 Å². The van der Waals surface area contributed by atoms with E-state index in [1.165, 1.54) is 4.90 Å². The summed E-state index contributed by atoms with van der Waals surface area (Å²) in [6.07, 6.45) is -3.53. The Labute approximate surface area is 88.6 Å². The smallest absolute Gasteiger partial charge is 0.324 e. The lowest BCUT2D eigenvalue weighted by atomic mass is 10.0. The van der Waals surface area contributed by atoms with Gasteiger partial charge in [0.05, 0.1) is 0 Å². The van der Waals surface area contributed by atoms with E-state index in [1.54, 1.807) is 20.8 Å². The molecule has 2 N–H and O–H groups in total. The van der Waals surface area contributed by atoms with Crippen LogP contribution in [-0.2, 0) is 0 Å². The van der Waals surface area contributed by atoms with Crippen LogP contribution >= 0.6 is 0 Å². The largest absolute Gasteiger partial charge is 0.404 e. The fourth-order valence-electron chi connectivity index (χ4n) is 2.27. The predicted molar refractivity (Wildman–Crippen MR) is 53.5 cm³/mol. The van der Waals surface area contributed by atoms with E-state index in [2.05, 4.69) is 0 Å². The van der Waals surface area contributed by atoms with Gasteiger partial charge in [0, 0.05) is 18.6 Å². The Morgan fingerprint density at radius 3 is 2.13 bits per heavy atom. The van der Waals surface area contributed by atoms with E-state index in [0.29, 0.717) is 19.5 Å². The third-order valence-electron chi connectivity index (χ3n) is 2.89. The number of halogens is 3. The first-order valence-corrected chi connectivity index (χ1v) is 5.23. The van der Waals surface area contributed by atoms with Gasteiger partial charge >= 0.3 is 6.18 Å². The van der Waals surface area contributed by atoms with Crippen LogP contribution in [0.1, 0.15) is 27.2 Å². The van der Waals surface area contributed by atoms with Gasteiger partial charge in [-0.25, -0.2) is 0 Å². The van der Waals surface area contributed by atoms with Crippen molar-refractivity contribution in [2.75, 3.05) is 13.1 Å². The molecule has 0 amide bonds. The summed E-state index contributed by atoms with van der Waals surface area (Å²) in [5.41, 5.74) is 5.37. The topological polar surface area (TPSA) is 29.3 Å². The predicted octanol–water partition coefficient (Wildman–Crippen LogP) is 2.00. The van der Waals surface area contributed by atoms with Crippen LogP contribution in [0.2, 0.25) is 0 Å². The molecule has 1 fully saturated rings. The van der Waals surface area contributed by atoms with Gasteiger partial charge in [0.15, 0.2) is 0 Å². The molecule has 5 heteroatoms. The lowest BCUT2D eigenvalue weighted by molar-refractivity contribution is -0.192. The summed E-state index contributed by atoms with van der Waals surface area (Å²) in [6.45, 7) is 5.78. The molecule has 15 heavy (non-hydrogen) atoms. The first kappa shape index (κ1) is 12.8. The third-order valence-corrected chi connectivity index (χ3v) is 2.89. The second-order valence-corrected chi connectivity index (χ2v) is 5.10. The van der Waals surface area contributed by atoms with Gasteiger partial charge in [-0.3, -0.25) is 4.90 Å². The van der Waals surface area contributed by atoms with E-state index in [1.807, 2.05) is 0 Å². The Morgan fingerprint density at radius 1 is 1.33 bits per heavy atom. The van der Waals surface area contributed by atoms with E-state index in [9.17, 15) is 13.2 Å². The van der Waals surface area contributed by atoms with Crippen LogP contribution in [0.25, 0.3) is 0 Å². The minimum Gasteiger partial charge on any atom is -0.324 e. The van der Waals surface area contributed by atoms with Gasteiger partial charge in [0.25, 0.3) is 0 Å². The zero-order valence-corrected chi connectivity index (χ0v) is 9.43. The molecule has 90 valence electrons. The maximum absolute atomic E-state index is 12.8. The molecule has 1 aliphatic heterocycles. The summed E-state index contributed by atoms with van der Waals surface area (Å²) in [5, 5.41) is 0. The van der Waals surface area contributed by atoms with Crippen molar-refractivity contribution in [2.24, 2.45) is 11.7 Å². The number of hydrogen-bond donors (Lipinski definition) is 1. The van der Waals surface area contributed by atoms with Crippen molar-refractivity contribution < 1.29 is 13.2 Å². The number of nitrogens with zero attached hydrogens (tertiary/aromatic N) is 1. The number of alkyl halides is 3. The molecule has 0 bridgehead atoms. The number of nitrogens with two attached hydrogens (primary N) is 1. The fourth-order valence-corrected chi connectivity index (χ4v) is 2.27. The molecule has 2 atom stereocenters. The van der Waals surface area contributed by atoms with E-state index in [4.69, 9.17) is 5.73 Å². The number of rotatable bonds is 2. The van der Waals surface area contributed by atoms with Crippen LogP contribution < -0.4 is 5.73 Å². The number of hydrogen-bond acceptors (Lipinski definition) is 2. The van der Waals surface area contributed by atoms with Crippen LogP contribution in [0, 0.1) is 5.92 Å². The molecule has 0 radical (unpaired) electrons. The van der Waals surface area contributed by atoms with Crippen LogP contribution in [0.4, 0.5) is 13.2 Å². The normalized spacial score (nSPS) is 31.2. The molecule has 0 saturated carbocycles. The van der Waals surface area contributed by atoms with Crippen LogP contribution in [0.5, 0.6) is 0 Å². The van der Waals surface area contributed by atoms with E-state index < -0.39 is 23.7 Å². The Hall–Kier alpha value is -0.290. The van der Waals surface area contributed by atoms with Gasteiger partial charge in [0.1, 0.15) is 6.04 Å². The fraction of sp³-hybridized carbons (Fsp3) is 1.00. The maximum Gasteiger partial charge on any atom is 0.404 e. The number of likely N-dealkylation sites (tertiary alicyclic amines) is 1. The van der Waals surface area contributed by atoms with Gasteiger partial charge in [-0.15, -0.1) is 0 Å². The Morgan fingerprint density at radius 2 is 1.87 bits per heavy atom. The molecule has 0 spiro atoms. The molecule has 1 aliphatic rings. The second kappa shape index (κ2) is 3.94. The van der Waals surface area contributed by atoms with Crippen molar-refractivity contribution >= 4 is 0 Å². The lowest BCUT2D eigenvalue weighted by Gasteiger charge is -2.33. The maximum atomic E-state index is 12.8. The molecule has 1 rings (SSSR count). The Bertz CT molecular complexity index is 223. The Kier molecular flexibility index (Phi) is 3.36. The van der Waals surface area contributed by atoms with Gasteiger partial charge in [-0.1, -0.05) is 13.8 Å². The van der Waals surface area contributed by atoms with Crippen molar-refractivity contribution in [3.05, 3.63) is 0 Å². The highest BCUT2D eigenvalue weighted by molar-refractivity contribution is 4.95. The highest BCUT2D eigenvalue weighted by atomic mass is 19.4. The minimum atomic E-state index is -4.16. The molecule has 1 saturated heterocycles. The molecule has 2 nitrogen and oxygen atoms in total. The lowest BCUT2D eigenvalue weighted by Crippen LogP contribution is -2.50. The summed E-state index contributed by atoms with van der Waals surface area (Å²) < 4.78 is 38.4. The SMILES string of the molecule is CC(C)C(N1CCC(C)(N)C1)C(F)(F)F. The average Bonchev–Trinajstić information content (AvgIpc) is 2.25. The highest BCUT2D eigenvalue weighted by Crippen LogP contribution is 2.33. The molecular formula is C10H19F3N2. The monoisotopic (exact) mass is 224 g/mol. The molecule has 0 aromatic heterocycles. The zero-order chi connectivity index (χ0) is 11.9. The molecule has 2 unspecified atom stereocenters. The first-order valence-electron chi connectivity index (χ1n) is 5.23. The van der Waals surface area contributed by atoms with E-state index >= 15 is 0 Å². The van der Waals surface area contributed by atoms with E-state index in [0.717, 1.165) is 0 Å². The van der Waals surface area contributed by atoms with E-state index in [-0.39, 0.29) is 0 Å². The minimum absolute atomic E-state index is 0.329. The summed E-state index contributed by atoms with van der Waals surface area (Å²) in [7, 11) is 0. The average molecular weight is 224 g/mol. The first-order chi connectivity index (χ1) is 6.63. The zero-order valence-electron chi connectivity index (χ0n) is 9.43. The molecular weight excluding hydrogens is 205 g/mol. The highest BCUT2D eigenvalue weighted by Gasteiger charge is 2.48. The Balaban J connectivity index is 2.76. The van der Waals surface area contributed by atoms with Crippen molar-refractivity contribution in [1.82, 2.24) is 4.90 Å².